The summed E-state index contributed by atoms with van der Waals surface area (Å²) in [7, 11) is 1.71. The Bertz CT molecular complexity index is 363. The molecule has 4 nitrogen and oxygen atoms in total. The van der Waals surface area contributed by atoms with Crippen molar-refractivity contribution in [2.45, 2.75) is 19.4 Å². The molecule has 0 aliphatic heterocycles. The molecule has 0 aliphatic rings. The molecule has 0 heterocycles. The van der Waals surface area contributed by atoms with Crippen molar-refractivity contribution in [1.29, 1.82) is 0 Å². The molecular formula is C11H15NO3. The van der Waals surface area contributed by atoms with Crippen molar-refractivity contribution < 1.29 is 15.0 Å². The van der Waals surface area contributed by atoms with Gasteiger partial charge in [0.25, 0.3) is 0 Å². The Kier molecular flexibility index (Phi) is 3.68. The Morgan fingerprint density at radius 3 is 2.53 bits per heavy atom. The van der Waals surface area contributed by atoms with E-state index in [1.807, 2.05) is 0 Å². The highest BCUT2D eigenvalue weighted by Gasteiger charge is 2.12. The van der Waals surface area contributed by atoms with Gasteiger partial charge in [-0.3, -0.25) is 4.79 Å². The van der Waals surface area contributed by atoms with E-state index in [-0.39, 0.29) is 23.3 Å². The summed E-state index contributed by atoms with van der Waals surface area (Å²) in [6, 6.07) is 4.30. The van der Waals surface area contributed by atoms with Gasteiger partial charge < -0.3 is 15.5 Å². The van der Waals surface area contributed by atoms with E-state index >= 15 is 0 Å². The Balaban J connectivity index is 2.80. The summed E-state index contributed by atoms with van der Waals surface area (Å²) < 4.78 is 0. The highest BCUT2D eigenvalue weighted by Crippen LogP contribution is 2.25. The lowest BCUT2D eigenvalue weighted by molar-refractivity contribution is -0.118. The number of ketones is 1. The summed E-state index contributed by atoms with van der Waals surface area (Å²) in [5.41, 5.74) is 0.805. The van der Waals surface area contributed by atoms with Crippen LogP contribution < -0.4 is 5.32 Å². The van der Waals surface area contributed by atoms with Gasteiger partial charge in [0.2, 0.25) is 0 Å². The predicted octanol–water partition coefficient (Wildman–Crippen LogP) is 0.817. The average molecular weight is 209 g/mol. The van der Waals surface area contributed by atoms with Gasteiger partial charge in [-0.2, -0.15) is 0 Å². The molecule has 1 unspecified atom stereocenters. The van der Waals surface area contributed by atoms with E-state index in [0.717, 1.165) is 5.56 Å². The lowest BCUT2D eigenvalue weighted by Crippen LogP contribution is -2.34. The summed E-state index contributed by atoms with van der Waals surface area (Å²) >= 11 is 0. The number of nitrogens with one attached hydrogen (secondary N) is 1. The SMILES string of the molecule is CNC(Cc1ccc(O)c(O)c1)C(C)=O. The van der Waals surface area contributed by atoms with Crippen LogP contribution in [0, 0.1) is 0 Å². The Labute approximate surface area is 88.6 Å². The first kappa shape index (κ1) is 11.5. The molecule has 3 N–H and O–H groups in total. The minimum absolute atomic E-state index is 0.0464. The van der Waals surface area contributed by atoms with Crippen molar-refractivity contribution >= 4 is 5.78 Å². The van der Waals surface area contributed by atoms with Gasteiger partial charge in [0, 0.05) is 0 Å². The highest BCUT2D eigenvalue weighted by molar-refractivity contribution is 5.81. The summed E-state index contributed by atoms with van der Waals surface area (Å²) in [4.78, 5) is 11.2. The Morgan fingerprint density at radius 1 is 1.40 bits per heavy atom. The molecular weight excluding hydrogens is 194 g/mol. The third-order valence-corrected chi connectivity index (χ3v) is 2.32. The van der Waals surface area contributed by atoms with Gasteiger partial charge in [0.15, 0.2) is 11.5 Å². The lowest BCUT2D eigenvalue weighted by Gasteiger charge is -2.12. The monoisotopic (exact) mass is 209 g/mol. The number of aromatic hydroxyl groups is 2. The summed E-state index contributed by atoms with van der Waals surface area (Å²) in [6.07, 6.45) is 0.500. The van der Waals surface area contributed by atoms with Gasteiger partial charge in [-0.1, -0.05) is 6.07 Å². The van der Waals surface area contributed by atoms with Crippen molar-refractivity contribution in [2.75, 3.05) is 7.05 Å². The van der Waals surface area contributed by atoms with Crippen molar-refractivity contribution in [3.8, 4) is 11.5 Å². The molecule has 82 valence electrons. The third kappa shape index (κ3) is 2.95. The zero-order valence-corrected chi connectivity index (χ0v) is 8.82. The largest absolute Gasteiger partial charge is 0.504 e. The molecule has 0 spiro atoms. The first-order valence-corrected chi connectivity index (χ1v) is 4.73. The number of Topliss-reactive ketones (excluding diaryl/α,β-unsaturated/α-hetero) is 1. The number of phenolic OH excluding ortho intramolecular Hbond substituents is 2. The van der Waals surface area contributed by atoms with Crippen molar-refractivity contribution in [2.24, 2.45) is 0 Å². The summed E-state index contributed by atoms with van der Waals surface area (Å²) in [6.45, 7) is 1.52. The van der Waals surface area contributed by atoms with Gasteiger partial charge in [-0.15, -0.1) is 0 Å². The van der Waals surface area contributed by atoms with Gasteiger partial charge in [0.1, 0.15) is 5.78 Å². The van der Waals surface area contributed by atoms with E-state index in [0.29, 0.717) is 6.42 Å². The first-order valence-electron chi connectivity index (χ1n) is 4.73. The van der Waals surface area contributed by atoms with Crippen LogP contribution >= 0.6 is 0 Å². The zero-order valence-electron chi connectivity index (χ0n) is 8.82. The smallest absolute Gasteiger partial charge is 0.157 e. The highest BCUT2D eigenvalue weighted by atomic mass is 16.3. The van der Waals surface area contributed by atoms with E-state index in [9.17, 15) is 9.90 Å². The predicted molar refractivity (Wildman–Crippen MR) is 57.0 cm³/mol. The maximum absolute atomic E-state index is 11.2. The van der Waals surface area contributed by atoms with Crippen LogP contribution in [0.15, 0.2) is 18.2 Å². The fourth-order valence-electron chi connectivity index (χ4n) is 1.38. The average Bonchev–Trinajstić information content (AvgIpc) is 2.19. The zero-order chi connectivity index (χ0) is 11.4. The van der Waals surface area contributed by atoms with Crippen LogP contribution in [0.4, 0.5) is 0 Å². The van der Waals surface area contributed by atoms with E-state index in [1.54, 1.807) is 13.1 Å². The van der Waals surface area contributed by atoms with E-state index in [2.05, 4.69) is 5.32 Å². The number of benzene rings is 1. The number of hydrogen-bond acceptors (Lipinski definition) is 4. The molecule has 15 heavy (non-hydrogen) atoms. The van der Waals surface area contributed by atoms with Gasteiger partial charge in [-0.05, 0) is 38.1 Å². The van der Waals surface area contributed by atoms with Crippen molar-refractivity contribution in [3.63, 3.8) is 0 Å². The maximum atomic E-state index is 11.2. The first-order chi connectivity index (χ1) is 7.04. The molecule has 0 aromatic heterocycles. The van der Waals surface area contributed by atoms with E-state index in [1.165, 1.54) is 19.1 Å². The van der Waals surface area contributed by atoms with Gasteiger partial charge in [-0.25, -0.2) is 0 Å². The maximum Gasteiger partial charge on any atom is 0.157 e. The van der Waals surface area contributed by atoms with Crippen LogP contribution in [0.1, 0.15) is 12.5 Å². The molecule has 0 radical (unpaired) electrons. The molecule has 1 atom stereocenters. The minimum atomic E-state index is -0.256. The normalized spacial score (nSPS) is 12.4. The molecule has 0 saturated heterocycles. The van der Waals surface area contributed by atoms with Crippen LogP contribution in [0.2, 0.25) is 0 Å². The number of hydrogen-bond donors (Lipinski definition) is 3. The molecule has 0 bridgehead atoms. The molecule has 0 fully saturated rings. The van der Waals surface area contributed by atoms with Crippen LogP contribution in [-0.4, -0.2) is 29.1 Å². The topological polar surface area (TPSA) is 69.6 Å². The standard InChI is InChI=1S/C11H15NO3/c1-7(13)9(12-2)5-8-3-4-10(14)11(15)6-8/h3-4,6,9,12,14-15H,5H2,1-2H3. The van der Waals surface area contributed by atoms with Crippen molar-refractivity contribution in [1.82, 2.24) is 5.32 Å². The number of carbonyl (C=O) groups is 1. The fraction of sp³-hybridized carbons (Fsp3) is 0.364. The number of phenols is 2. The van der Waals surface area contributed by atoms with Crippen molar-refractivity contribution in [3.05, 3.63) is 23.8 Å². The van der Waals surface area contributed by atoms with E-state index < -0.39 is 0 Å². The van der Waals surface area contributed by atoms with E-state index in [4.69, 9.17) is 5.11 Å². The number of carbonyl (C=O) groups excluding carboxylic acids is 1. The second-order valence-corrected chi connectivity index (χ2v) is 3.48. The molecule has 0 saturated carbocycles. The molecule has 1 aromatic rings. The van der Waals surface area contributed by atoms with Gasteiger partial charge >= 0.3 is 0 Å². The quantitative estimate of drug-likeness (QED) is 0.642. The van der Waals surface area contributed by atoms with Crippen LogP contribution in [-0.2, 0) is 11.2 Å². The fourth-order valence-corrected chi connectivity index (χ4v) is 1.38. The second kappa shape index (κ2) is 4.79. The van der Waals surface area contributed by atoms with Crippen LogP contribution in [0.25, 0.3) is 0 Å². The molecule has 0 amide bonds. The lowest BCUT2D eigenvalue weighted by atomic mass is 10.0. The summed E-state index contributed by atoms with van der Waals surface area (Å²) in [5, 5.41) is 21.3. The van der Waals surface area contributed by atoms with Crippen LogP contribution in [0.5, 0.6) is 11.5 Å². The van der Waals surface area contributed by atoms with Gasteiger partial charge in [0.05, 0.1) is 6.04 Å². The molecule has 1 aromatic carbocycles. The minimum Gasteiger partial charge on any atom is -0.504 e. The summed E-state index contributed by atoms with van der Waals surface area (Å²) in [5.74, 6) is -0.265. The van der Waals surface area contributed by atoms with Crippen LogP contribution in [0.3, 0.4) is 0 Å². The Hall–Kier alpha value is -1.55. The Morgan fingerprint density at radius 2 is 2.07 bits per heavy atom. The third-order valence-electron chi connectivity index (χ3n) is 2.32. The number of rotatable bonds is 4. The number of likely N-dealkylation sites (N-methyl/N-ethyl adjacent to an activating group) is 1. The molecule has 4 heteroatoms. The molecule has 1 rings (SSSR count). The second-order valence-electron chi connectivity index (χ2n) is 3.48. The molecule has 0 aliphatic carbocycles.